The van der Waals surface area contributed by atoms with Gasteiger partial charge in [-0.3, -0.25) is 0 Å². The fraction of sp³-hybridized carbons (Fsp3) is 0.533. The van der Waals surface area contributed by atoms with Crippen molar-refractivity contribution < 1.29 is 5.11 Å². The first-order valence-electron chi connectivity index (χ1n) is 6.75. The average molecular weight is 261 g/mol. The molecule has 1 fully saturated rings. The number of aliphatic hydroxyl groups excluding tert-OH is 1. The van der Waals surface area contributed by atoms with E-state index in [9.17, 15) is 5.11 Å². The molecule has 2 aromatic rings. The van der Waals surface area contributed by atoms with Gasteiger partial charge >= 0.3 is 0 Å². The summed E-state index contributed by atoms with van der Waals surface area (Å²) in [5, 5.41) is 11.3. The van der Waals surface area contributed by atoms with Crippen molar-refractivity contribution in [2.45, 2.75) is 38.7 Å². The summed E-state index contributed by atoms with van der Waals surface area (Å²) >= 11 is 1.77. The third-order valence-corrected chi connectivity index (χ3v) is 5.04. The van der Waals surface area contributed by atoms with Crippen LogP contribution in [-0.2, 0) is 6.42 Å². The number of aliphatic hydroxyl groups is 1. The van der Waals surface area contributed by atoms with E-state index in [1.54, 1.807) is 11.3 Å². The maximum Gasteiger partial charge on any atom is 0.0942 e. The Labute approximate surface area is 112 Å². The van der Waals surface area contributed by atoms with Crippen LogP contribution in [0.4, 0.5) is 0 Å². The average Bonchev–Trinajstić information content (AvgIpc) is 2.76. The van der Waals surface area contributed by atoms with E-state index in [2.05, 4.69) is 30.1 Å². The van der Waals surface area contributed by atoms with Gasteiger partial charge in [-0.2, -0.15) is 0 Å². The smallest absolute Gasteiger partial charge is 0.0942 e. The lowest BCUT2D eigenvalue weighted by Crippen LogP contribution is -2.29. The molecule has 1 aromatic carbocycles. The predicted octanol–water partition coefficient (Wildman–Crippen LogP) is 3.64. The van der Waals surface area contributed by atoms with E-state index < -0.39 is 0 Å². The molecule has 1 aliphatic rings. The van der Waals surface area contributed by atoms with Crippen molar-refractivity contribution in [3.8, 4) is 0 Å². The number of aromatic nitrogens is 1. The Kier molecular flexibility index (Phi) is 3.35. The van der Waals surface area contributed by atoms with Gasteiger partial charge < -0.3 is 5.11 Å². The highest BCUT2D eigenvalue weighted by molar-refractivity contribution is 7.18. The molecule has 96 valence electrons. The third kappa shape index (κ3) is 2.43. The summed E-state index contributed by atoms with van der Waals surface area (Å²) in [5.74, 6) is 1.14. The van der Waals surface area contributed by atoms with E-state index in [0.29, 0.717) is 5.92 Å². The lowest BCUT2D eigenvalue weighted by molar-refractivity contribution is 0.0519. The first-order chi connectivity index (χ1) is 8.72. The minimum atomic E-state index is -0.131. The molecule has 0 aliphatic heterocycles. The van der Waals surface area contributed by atoms with E-state index in [-0.39, 0.29) is 6.10 Å². The van der Waals surface area contributed by atoms with Crippen LogP contribution in [0.1, 0.15) is 31.2 Å². The second-order valence-corrected chi connectivity index (χ2v) is 6.64. The molecule has 0 spiro atoms. The Balaban J connectivity index is 1.78. The molecule has 3 unspecified atom stereocenters. The van der Waals surface area contributed by atoms with E-state index in [1.165, 1.54) is 9.71 Å². The largest absolute Gasteiger partial charge is 0.393 e. The SMILES string of the molecule is CC1CCC(O)C(Cc2nc3ccccc3s2)C1. The number of hydrogen-bond donors (Lipinski definition) is 1. The summed E-state index contributed by atoms with van der Waals surface area (Å²) in [5.41, 5.74) is 1.09. The van der Waals surface area contributed by atoms with Gasteiger partial charge in [0.25, 0.3) is 0 Å². The number of thiazole rings is 1. The van der Waals surface area contributed by atoms with Crippen molar-refractivity contribution in [2.24, 2.45) is 11.8 Å². The van der Waals surface area contributed by atoms with Gasteiger partial charge in [0.05, 0.1) is 21.3 Å². The number of hydrogen-bond acceptors (Lipinski definition) is 3. The van der Waals surface area contributed by atoms with Crippen molar-refractivity contribution in [3.63, 3.8) is 0 Å². The predicted molar refractivity (Wildman–Crippen MR) is 75.8 cm³/mol. The van der Waals surface area contributed by atoms with Gasteiger partial charge in [0.1, 0.15) is 0 Å². The Bertz CT molecular complexity index is 503. The lowest BCUT2D eigenvalue weighted by atomic mass is 9.79. The Morgan fingerprint density at radius 2 is 2.17 bits per heavy atom. The summed E-state index contributed by atoms with van der Waals surface area (Å²) in [6, 6.07) is 8.27. The van der Waals surface area contributed by atoms with Crippen LogP contribution < -0.4 is 0 Å². The first kappa shape index (κ1) is 12.1. The van der Waals surface area contributed by atoms with Crippen LogP contribution in [0.15, 0.2) is 24.3 Å². The van der Waals surface area contributed by atoms with Gasteiger partial charge in [0.2, 0.25) is 0 Å². The molecule has 3 rings (SSSR count). The second-order valence-electron chi connectivity index (χ2n) is 5.53. The fourth-order valence-electron chi connectivity index (χ4n) is 2.93. The number of rotatable bonds is 2. The minimum Gasteiger partial charge on any atom is -0.393 e. The highest BCUT2D eigenvalue weighted by Crippen LogP contribution is 2.33. The van der Waals surface area contributed by atoms with Crippen LogP contribution in [0.3, 0.4) is 0 Å². The van der Waals surface area contributed by atoms with Crippen LogP contribution in [0.5, 0.6) is 0 Å². The van der Waals surface area contributed by atoms with Gasteiger partial charge in [-0.15, -0.1) is 11.3 Å². The fourth-order valence-corrected chi connectivity index (χ4v) is 3.99. The Hall–Kier alpha value is -0.930. The standard InChI is InChI=1S/C15H19NOS/c1-10-6-7-13(17)11(8-10)9-15-16-12-4-2-3-5-14(12)18-15/h2-5,10-11,13,17H,6-9H2,1H3. The molecule has 1 aliphatic carbocycles. The molecule has 1 saturated carbocycles. The van der Waals surface area contributed by atoms with Crippen molar-refractivity contribution in [2.75, 3.05) is 0 Å². The number of benzene rings is 1. The number of para-hydroxylation sites is 1. The maximum absolute atomic E-state index is 10.1. The molecular formula is C15H19NOS. The van der Waals surface area contributed by atoms with E-state index in [1.807, 2.05) is 6.07 Å². The summed E-state index contributed by atoms with van der Waals surface area (Å²) in [4.78, 5) is 4.67. The Morgan fingerprint density at radius 3 is 3.00 bits per heavy atom. The van der Waals surface area contributed by atoms with E-state index in [0.717, 1.165) is 37.1 Å². The maximum atomic E-state index is 10.1. The summed E-state index contributed by atoms with van der Waals surface area (Å²) in [6.45, 7) is 2.29. The molecule has 1 heterocycles. The lowest BCUT2D eigenvalue weighted by Gasteiger charge is -2.31. The zero-order valence-corrected chi connectivity index (χ0v) is 11.5. The molecule has 3 atom stereocenters. The monoisotopic (exact) mass is 261 g/mol. The van der Waals surface area contributed by atoms with Crippen LogP contribution in [0.25, 0.3) is 10.2 Å². The molecule has 0 radical (unpaired) electrons. The van der Waals surface area contributed by atoms with Crippen LogP contribution in [0, 0.1) is 11.8 Å². The summed E-state index contributed by atoms with van der Waals surface area (Å²) in [7, 11) is 0. The molecule has 1 aromatic heterocycles. The van der Waals surface area contributed by atoms with E-state index in [4.69, 9.17) is 0 Å². The molecule has 0 bridgehead atoms. The van der Waals surface area contributed by atoms with Gasteiger partial charge in [0, 0.05) is 6.42 Å². The molecule has 0 amide bonds. The number of fused-ring (bicyclic) bond motifs is 1. The molecule has 0 saturated heterocycles. The Morgan fingerprint density at radius 1 is 1.33 bits per heavy atom. The molecule has 3 heteroatoms. The molecule has 18 heavy (non-hydrogen) atoms. The quantitative estimate of drug-likeness (QED) is 0.895. The van der Waals surface area contributed by atoms with E-state index >= 15 is 0 Å². The van der Waals surface area contributed by atoms with Gasteiger partial charge in [-0.1, -0.05) is 19.1 Å². The molecular weight excluding hydrogens is 242 g/mol. The molecule has 2 nitrogen and oxygen atoms in total. The normalized spacial score (nSPS) is 28.7. The minimum absolute atomic E-state index is 0.131. The van der Waals surface area contributed by atoms with Crippen molar-refractivity contribution in [1.82, 2.24) is 4.98 Å². The van der Waals surface area contributed by atoms with Gasteiger partial charge in [0.15, 0.2) is 0 Å². The third-order valence-electron chi connectivity index (χ3n) is 3.98. The van der Waals surface area contributed by atoms with Gasteiger partial charge in [-0.25, -0.2) is 4.98 Å². The topological polar surface area (TPSA) is 33.1 Å². The second kappa shape index (κ2) is 4.98. The van der Waals surface area contributed by atoms with Crippen molar-refractivity contribution in [3.05, 3.63) is 29.3 Å². The summed E-state index contributed by atoms with van der Waals surface area (Å²) < 4.78 is 1.26. The molecule has 1 N–H and O–H groups in total. The zero-order chi connectivity index (χ0) is 12.5. The first-order valence-corrected chi connectivity index (χ1v) is 7.56. The van der Waals surface area contributed by atoms with Gasteiger partial charge in [-0.05, 0) is 43.2 Å². The van der Waals surface area contributed by atoms with Crippen LogP contribution in [-0.4, -0.2) is 16.2 Å². The zero-order valence-electron chi connectivity index (χ0n) is 10.7. The van der Waals surface area contributed by atoms with Crippen LogP contribution in [0.2, 0.25) is 0 Å². The highest BCUT2D eigenvalue weighted by atomic mass is 32.1. The highest BCUT2D eigenvalue weighted by Gasteiger charge is 2.27. The van der Waals surface area contributed by atoms with Crippen molar-refractivity contribution >= 4 is 21.6 Å². The van der Waals surface area contributed by atoms with Crippen LogP contribution >= 0.6 is 11.3 Å². The number of nitrogens with zero attached hydrogens (tertiary/aromatic N) is 1. The van der Waals surface area contributed by atoms with Crippen molar-refractivity contribution in [1.29, 1.82) is 0 Å². The summed E-state index contributed by atoms with van der Waals surface area (Å²) in [6.07, 6.45) is 4.06.